The molecule has 0 radical (unpaired) electrons. The van der Waals surface area contributed by atoms with Gasteiger partial charge in [-0.2, -0.15) is 0 Å². The first-order valence-corrected chi connectivity index (χ1v) is 7.92. The van der Waals surface area contributed by atoms with Crippen LogP contribution in [0.4, 0.5) is 0 Å². The standard InChI is InChI=1S/C17H25N3O2/c1-17(21,13-20-7-9-22-10-8-20)12-18-11-14-3-2-4-16-15(14)5-6-19-16/h2-6,18-19,21H,7-13H2,1H3. The Kier molecular flexibility index (Phi) is 4.78. The molecule has 0 aliphatic carbocycles. The van der Waals surface area contributed by atoms with Crippen molar-refractivity contribution in [3.63, 3.8) is 0 Å². The molecule has 5 nitrogen and oxygen atoms in total. The highest BCUT2D eigenvalue weighted by Gasteiger charge is 2.24. The highest BCUT2D eigenvalue weighted by atomic mass is 16.5. The molecule has 1 aromatic heterocycles. The van der Waals surface area contributed by atoms with Crippen LogP contribution in [0.25, 0.3) is 10.9 Å². The SMILES string of the molecule is CC(O)(CNCc1cccc2[nH]ccc12)CN1CCOCC1. The molecule has 1 saturated heterocycles. The summed E-state index contributed by atoms with van der Waals surface area (Å²) in [6.45, 7) is 7.24. The highest BCUT2D eigenvalue weighted by Crippen LogP contribution is 2.17. The molecule has 2 aromatic rings. The summed E-state index contributed by atoms with van der Waals surface area (Å²) < 4.78 is 5.34. The van der Waals surface area contributed by atoms with Gasteiger partial charge >= 0.3 is 0 Å². The van der Waals surface area contributed by atoms with Crippen LogP contribution in [0.1, 0.15) is 12.5 Å². The first-order chi connectivity index (χ1) is 10.6. The van der Waals surface area contributed by atoms with Crippen LogP contribution in [-0.4, -0.2) is 60.0 Å². The van der Waals surface area contributed by atoms with Crippen LogP contribution >= 0.6 is 0 Å². The minimum Gasteiger partial charge on any atom is -0.388 e. The van der Waals surface area contributed by atoms with Crippen molar-refractivity contribution in [2.75, 3.05) is 39.4 Å². The summed E-state index contributed by atoms with van der Waals surface area (Å²) in [5.74, 6) is 0. The number of fused-ring (bicyclic) bond motifs is 1. The Bertz CT molecular complexity index is 603. The largest absolute Gasteiger partial charge is 0.388 e. The molecule has 120 valence electrons. The maximum Gasteiger partial charge on any atom is 0.0869 e. The molecule has 3 N–H and O–H groups in total. The lowest BCUT2D eigenvalue weighted by atomic mass is 10.1. The molecule has 0 saturated carbocycles. The van der Waals surface area contributed by atoms with Gasteiger partial charge in [-0.25, -0.2) is 0 Å². The fourth-order valence-electron chi connectivity index (χ4n) is 3.07. The summed E-state index contributed by atoms with van der Waals surface area (Å²) in [5, 5.41) is 15.2. The van der Waals surface area contributed by atoms with Gasteiger partial charge in [-0.15, -0.1) is 0 Å². The number of nitrogens with zero attached hydrogens (tertiary/aromatic N) is 1. The number of rotatable bonds is 6. The molecule has 0 amide bonds. The third kappa shape index (κ3) is 3.87. The zero-order chi connectivity index (χ0) is 15.4. The maximum absolute atomic E-state index is 10.6. The lowest BCUT2D eigenvalue weighted by Gasteiger charge is -2.34. The van der Waals surface area contributed by atoms with Gasteiger partial charge in [-0.3, -0.25) is 4.90 Å². The highest BCUT2D eigenvalue weighted by molar-refractivity contribution is 5.82. The monoisotopic (exact) mass is 303 g/mol. The molecule has 0 spiro atoms. The van der Waals surface area contributed by atoms with Crippen LogP contribution in [-0.2, 0) is 11.3 Å². The van der Waals surface area contributed by atoms with E-state index in [4.69, 9.17) is 4.74 Å². The molecule has 22 heavy (non-hydrogen) atoms. The van der Waals surface area contributed by atoms with Crippen molar-refractivity contribution in [2.24, 2.45) is 0 Å². The second-order valence-corrected chi connectivity index (χ2v) is 6.35. The van der Waals surface area contributed by atoms with Crippen molar-refractivity contribution >= 4 is 10.9 Å². The Hall–Kier alpha value is -1.40. The van der Waals surface area contributed by atoms with Crippen LogP contribution in [0.2, 0.25) is 0 Å². The van der Waals surface area contributed by atoms with Gasteiger partial charge < -0.3 is 20.1 Å². The predicted octanol–water partition coefficient (Wildman–Crippen LogP) is 1.34. The number of hydrogen-bond donors (Lipinski definition) is 3. The fourth-order valence-corrected chi connectivity index (χ4v) is 3.07. The maximum atomic E-state index is 10.6. The molecular formula is C17H25N3O2. The van der Waals surface area contributed by atoms with E-state index in [1.54, 1.807) is 0 Å². The van der Waals surface area contributed by atoms with Crippen molar-refractivity contribution in [1.29, 1.82) is 0 Å². The molecule has 2 heterocycles. The first-order valence-electron chi connectivity index (χ1n) is 7.92. The Labute approximate surface area is 131 Å². The minimum absolute atomic E-state index is 0.575. The van der Waals surface area contributed by atoms with Crippen LogP contribution in [0, 0.1) is 0 Å². The molecule has 5 heteroatoms. The summed E-state index contributed by atoms with van der Waals surface area (Å²) >= 11 is 0. The van der Waals surface area contributed by atoms with Crippen molar-refractivity contribution < 1.29 is 9.84 Å². The second-order valence-electron chi connectivity index (χ2n) is 6.35. The molecule has 3 rings (SSSR count). The molecule has 1 fully saturated rings. The van der Waals surface area contributed by atoms with Crippen LogP contribution in [0.5, 0.6) is 0 Å². The third-order valence-corrected chi connectivity index (χ3v) is 4.17. The number of aliphatic hydroxyl groups is 1. The topological polar surface area (TPSA) is 60.5 Å². The van der Waals surface area contributed by atoms with Crippen LogP contribution in [0.15, 0.2) is 30.5 Å². The normalized spacial score (nSPS) is 19.4. The van der Waals surface area contributed by atoms with Gasteiger partial charge in [0.15, 0.2) is 0 Å². The Morgan fingerprint density at radius 2 is 2.14 bits per heavy atom. The zero-order valence-electron chi connectivity index (χ0n) is 13.1. The van der Waals surface area contributed by atoms with E-state index in [9.17, 15) is 5.11 Å². The van der Waals surface area contributed by atoms with Crippen molar-refractivity contribution in [3.8, 4) is 0 Å². The van der Waals surface area contributed by atoms with E-state index in [1.807, 2.05) is 13.1 Å². The van der Waals surface area contributed by atoms with Gasteiger partial charge in [0, 0.05) is 49.8 Å². The summed E-state index contributed by atoms with van der Waals surface area (Å²) in [5.41, 5.74) is 1.67. The first kappa shape index (κ1) is 15.5. The Morgan fingerprint density at radius 3 is 2.95 bits per heavy atom. The van der Waals surface area contributed by atoms with E-state index in [2.05, 4.69) is 39.5 Å². The number of morpholine rings is 1. The van der Waals surface area contributed by atoms with Gasteiger partial charge in [-0.1, -0.05) is 12.1 Å². The fraction of sp³-hybridized carbons (Fsp3) is 0.529. The zero-order valence-corrected chi connectivity index (χ0v) is 13.1. The van der Waals surface area contributed by atoms with E-state index < -0.39 is 5.60 Å². The summed E-state index contributed by atoms with van der Waals surface area (Å²) in [6, 6.07) is 8.35. The van der Waals surface area contributed by atoms with E-state index in [0.717, 1.165) is 38.4 Å². The van der Waals surface area contributed by atoms with Gasteiger partial charge in [0.1, 0.15) is 0 Å². The lowest BCUT2D eigenvalue weighted by molar-refractivity contribution is -0.0219. The number of benzene rings is 1. The number of aromatic nitrogens is 1. The molecular weight excluding hydrogens is 278 g/mol. The Balaban J connectivity index is 1.52. The van der Waals surface area contributed by atoms with Crippen molar-refractivity contribution in [1.82, 2.24) is 15.2 Å². The number of β-amino-alcohol motifs (C(OH)–C–C–N with tert-alkyl or cyclic N) is 1. The summed E-state index contributed by atoms with van der Waals surface area (Å²) in [7, 11) is 0. The van der Waals surface area contributed by atoms with E-state index in [-0.39, 0.29) is 0 Å². The van der Waals surface area contributed by atoms with E-state index >= 15 is 0 Å². The minimum atomic E-state index is -0.733. The van der Waals surface area contributed by atoms with Gasteiger partial charge in [0.2, 0.25) is 0 Å². The van der Waals surface area contributed by atoms with Crippen molar-refractivity contribution in [2.45, 2.75) is 19.1 Å². The third-order valence-electron chi connectivity index (χ3n) is 4.17. The number of hydrogen-bond acceptors (Lipinski definition) is 4. The van der Waals surface area contributed by atoms with E-state index in [0.29, 0.717) is 13.1 Å². The molecule has 1 unspecified atom stereocenters. The lowest BCUT2D eigenvalue weighted by Crippen LogP contribution is -2.50. The number of nitrogens with one attached hydrogen (secondary N) is 2. The van der Waals surface area contributed by atoms with Gasteiger partial charge in [0.25, 0.3) is 0 Å². The molecule has 1 aliphatic rings. The van der Waals surface area contributed by atoms with Gasteiger partial charge in [0.05, 0.1) is 18.8 Å². The second kappa shape index (κ2) is 6.79. The number of H-pyrrole nitrogens is 1. The van der Waals surface area contributed by atoms with Crippen LogP contribution in [0.3, 0.4) is 0 Å². The average Bonchev–Trinajstić information content (AvgIpc) is 2.97. The van der Waals surface area contributed by atoms with Crippen molar-refractivity contribution in [3.05, 3.63) is 36.0 Å². The predicted molar refractivity (Wildman–Crippen MR) is 87.9 cm³/mol. The summed E-state index contributed by atoms with van der Waals surface area (Å²) in [6.07, 6.45) is 1.96. The average molecular weight is 303 g/mol. The molecule has 0 bridgehead atoms. The smallest absolute Gasteiger partial charge is 0.0869 e. The quantitative estimate of drug-likeness (QED) is 0.754. The number of aromatic amines is 1. The number of ether oxygens (including phenoxy) is 1. The summed E-state index contributed by atoms with van der Waals surface area (Å²) in [4.78, 5) is 5.49. The molecule has 1 aliphatic heterocycles. The van der Waals surface area contributed by atoms with Crippen LogP contribution < -0.4 is 5.32 Å². The molecule has 1 aromatic carbocycles. The van der Waals surface area contributed by atoms with Gasteiger partial charge in [-0.05, 0) is 24.6 Å². The Morgan fingerprint density at radius 1 is 1.32 bits per heavy atom. The van der Waals surface area contributed by atoms with E-state index in [1.165, 1.54) is 10.9 Å². The molecule has 1 atom stereocenters.